The number of benzene rings is 3. The third kappa shape index (κ3) is 4.22. The van der Waals surface area contributed by atoms with E-state index < -0.39 is 11.1 Å². The van der Waals surface area contributed by atoms with Gasteiger partial charge in [0, 0.05) is 18.8 Å². The number of para-hydroxylation sites is 1. The predicted octanol–water partition coefficient (Wildman–Crippen LogP) is 4.13. The van der Waals surface area contributed by atoms with E-state index in [0.717, 1.165) is 55.7 Å². The first-order valence-corrected chi connectivity index (χ1v) is 12.3. The van der Waals surface area contributed by atoms with Crippen molar-refractivity contribution in [3.8, 4) is 0 Å². The molecule has 0 bridgehead atoms. The maximum atomic E-state index is 12.9. The van der Waals surface area contributed by atoms with Crippen molar-refractivity contribution in [1.29, 1.82) is 0 Å². The number of nitrogens with zero attached hydrogens (tertiary/aromatic N) is 2. The van der Waals surface area contributed by atoms with E-state index in [-0.39, 0.29) is 5.91 Å². The summed E-state index contributed by atoms with van der Waals surface area (Å²) in [5.74, 6) is 0.151. The van der Waals surface area contributed by atoms with E-state index in [4.69, 9.17) is 0 Å². The molecule has 2 saturated heterocycles. The first-order chi connectivity index (χ1) is 16.6. The van der Waals surface area contributed by atoms with Gasteiger partial charge in [0.1, 0.15) is 11.1 Å². The molecule has 2 heterocycles. The van der Waals surface area contributed by atoms with E-state index in [0.29, 0.717) is 13.1 Å². The fraction of sp³-hybridized carbons (Fsp3) is 0.345. The molecule has 3 aromatic rings. The van der Waals surface area contributed by atoms with Gasteiger partial charge in [-0.05, 0) is 55.5 Å². The fourth-order valence-corrected chi connectivity index (χ4v) is 5.62. The summed E-state index contributed by atoms with van der Waals surface area (Å²) in [5, 5.41) is 14.8. The number of likely N-dealkylation sites (tertiary alicyclic amines) is 1. The molecule has 0 aliphatic carbocycles. The molecule has 2 fully saturated rings. The van der Waals surface area contributed by atoms with Crippen LogP contribution in [0.1, 0.15) is 36.8 Å². The highest BCUT2D eigenvalue weighted by Crippen LogP contribution is 2.37. The lowest BCUT2D eigenvalue weighted by atomic mass is 9.82. The lowest BCUT2D eigenvalue weighted by Gasteiger charge is -2.43. The Labute approximate surface area is 202 Å². The number of amides is 1. The zero-order chi connectivity index (χ0) is 23.4. The maximum absolute atomic E-state index is 12.9. The van der Waals surface area contributed by atoms with Crippen LogP contribution in [0.4, 0.5) is 5.69 Å². The molecule has 1 amide bonds. The molecule has 5 rings (SSSR count). The van der Waals surface area contributed by atoms with E-state index >= 15 is 0 Å². The van der Waals surface area contributed by atoms with Gasteiger partial charge in [0.05, 0.1) is 6.67 Å². The lowest BCUT2D eigenvalue weighted by Crippen LogP contribution is -2.56. The minimum atomic E-state index is -1.00. The molecule has 3 aromatic carbocycles. The molecule has 2 aliphatic rings. The third-order valence-electron chi connectivity index (χ3n) is 7.60. The minimum Gasteiger partial charge on any atom is -0.380 e. The van der Waals surface area contributed by atoms with Crippen molar-refractivity contribution >= 4 is 11.6 Å². The standard InChI is InChI=1S/C29H33N3O2/c33-27-28(32(23-30-27)26-15-8-3-9-16-26)18-21-31(22-19-28)20-10-17-29(34,24-11-4-1-5-12-24)25-13-6-2-7-14-25/h1-9,11-16,34H,10,17-23H2,(H,30,33). The molecular formula is C29H33N3O2. The van der Waals surface area contributed by atoms with Crippen molar-refractivity contribution in [2.24, 2.45) is 0 Å². The average molecular weight is 456 g/mol. The highest BCUT2D eigenvalue weighted by atomic mass is 16.3. The smallest absolute Gasteiger partial charge is 0.247 e. The van der Waals surface area contributed by atoms with Crippen molar-refractivity contribution in [3.05, 3.63) is 102 Å². The first kappa shape index (κ1) is 22.6. The van der Waals surface area contributed by atoms with Crippen molar-refractivity contribution in [2.45, 2.75) is 36.8 Å². The summed E-state index contributed by atoms with van der Waals surface area (Å²) in [4.78, 5) is 17.6. The molecule has 2 N–H and O–H groups in total. The Morgan fingerprint density at radius 1 is 0.824 bits per heavy atom. The Morgan fingerprint density at radius 2 is 1.35 bits per heavy atom. The van der Waals surface area contributed by atoms with Crippen molar-refractivity contribution < 1.29 is 9.90 Å². The number of nitrogens with one attached hydrogen (secondary N) is 1. The molecule has 0 radical (unpaired) electrons. The predicted molar refractivity (Wildman–Crippen MR) is 135 cm³/mol. The number of anilines is 1. The maximum Gasteiger partial charge on any atom is 0.247 e. The summed E-state index contributed by atoms with van der Waals surface area (Å²) in [6, 6.07) is 30.2. The van der Waals surface area contributed by atoms with Crippen LogP contribution in [0.25, 0.3) is 0 Å². The zero-order valence-corrected chi connectivity index (χ0v) is 19.6. The van der Waals surface area contributed by atoms with Crippen LogP contribution in [0.3, 0.4) is 0 Å². The van der Waals surface area contributed by atoms with Crippen molar-refractivity contribution in [3.63, 3.8) is 0 Å². The van der Waals surface area contributed by atoms with Crippen LogP contribution in [0.2, 0.25) is 0 Å². The van der Waals surface area contributed by atoms with Crippen LogP contribution in [0.15, 0.2) is 91.0 Å². The van der Waals surface area contributed by atoms with Crippen LogP contribution in [-0.4, -0.2) is 47.8 Å². The summed E-state index contributed by atoms with van der Waals surface area (Å²) in [5.41, 5.74) is 1.51. The third-order valence-corrected chi connectivity index (χ3v) is 7.60. The topological polar surface area (TPSA) is 55.8 Å². The summed E-state index contributed by atoms with van der Waals surface area (Å²) >= 11 is 0. The van der Waals surface area contributed by atoms with Crippen LogP contribution in [0.5, 0.6) is 0 Å². The molecule has 34 heavy (non-hydrogen) atoms. The highest BCUT2D eigenvalue weighted by Gasteiger charge is 2.50. The number of rotatable bonds is 7. The van der Waals surface area contributed by atoms with Crippen molar-refractivity contribution in [2.75, 3.05) is 31.2 Å². The van der Waals surface area contributed by atoms with Gasteiger partial charge in [0.15, 0.2) is 0 Å². The SMILES string of the molecule is O=C1NCN(c2ccccc2)C12CCN(CCCC(O)(c1ccccc1)c1ccccc1)CC2. The molecule has 0 unspecified atom stereocenters. The van der Waals surface area contributed by atoms with Gasteiger partial charge in [-0.25, -0.2) is 0 Å². The molecular weight excluding hydrogens is 422 g/mol. The number of hydrogen-bond acceptors (Lipinski definition) is 4. The quantitative estimate of drug-likeness (QED) is 0.563. The average Bonchev–Trinajstić information content (AvgIpc) is 3.22. The molecule has 5 heteroatoms. The molecule has 0 aromatic heterocycles. The number of piperidine rings is 1. The summed E-state index contributed by atoms with van der Waals surface area (Å²) in [6.07, 6.45) is 3.16. The monoisotopic (exact) mass is 455 g/mol. The minimum absolute atomic E-state index is 0.151. The number of carbonyl (C=O) groups is 1. The Balaban J connectivity index is 1.23. The van der Waals surface area contributed by atoms with Crippen LogP contribution >= 0.6 is 0 Å². The number of hydrogen-bond donors (Lipinski definition) is 2. The summed E-state index contributed by atoms with van der Waals surface area (Å²) < 4.78 is 0. The number of carbonyl (C=O) groups excluding carboxylic acids is 1. The van der Waals surface area contributed by atoms with Gasteiger partial charge in [-0.1, -0.05) is 78.9 Å². The largest absolute Gasteiger partial charge is 0.380 e. The number of aliphatic hydroxyl groups is 1. The van der Waals surface area contributed by atoms with Gasteiger partial charge >= 0.3 is 0 Å². The Hall–Kier alpha value is -3.15. The van der Waals surface area contributed by atoms with E-state index in [1.165, 1.54) is 0 Å². The zero-order valence-electron chi connectivity index (χ0n) is 19.6. The summed E-state index contributed by atoms with van der Waals surface area (Å²) in [7, 11) is 0. The second-order valence-corrected chi connectivity index (χ2v) is 9.50. The molecule has 0 atom stereocenters. The Bertz CT molecular complexity index is 1040. The van der Waals surface area contributed by atoms with Gasteiger partial charge < -0.3 is 20.2 Å². The second-order valence-electron chi connectivity index (χ2n) is 9.50. The van der Waals surface area contributed by atoms with E-state index in [1.807, 2.05) is 78.9 Å². The first-order valence-electron chi connectivity index (χ1n) is 12.3. The van der Waals surface area contributed by atoms with Crippen LogP contribution in [0, 0.1) is 0 Å². The molecule has 0 saturated carbocycles. The van der Waals surface area contributed by atoms with Crippen LogP contribution < -0.4 is 10.2 Å². The van der Waals surface area contributed by atoms with Crippen molar-refractivity contribution in [1.82, 2.24) is 10.2 Å². The molecule has 5 nitrogen and oxygen atoms in total. The Kier molecular flexibility index (Phi) is 6.40. The van der Waals surface area contributed by atoms with Gasteiger partial charge in [0.25, 0.3) is 0 Å². The van der Waals surface area contributed by atoms with Gasteiger partial charge in [-0.2, -0.15) is 0 Å². The van der Waals surface area contributed by atoms with Gasteiger partial charge in [-0.3, -0.25) is 4.79 Å². The summed E-state index contributed by atoms with van der Waals surface area (Å²) in [6.45, 7) is 3.24. The molecule has 1 spiro atoms. The molecule has 176 valence electrons. The second kappa shape index (κ2) is 9.61. The van der Waals surface area contributed by atoms with E-state index in [2.05, 4.69) is 27.2 Å². The highest BCUT2D eigenvalue weighted by molar-refractivity contribution is 5.93. The Morgan fingerprint density at radius 3 is 1.91 bits per heavy atom. The van der Waals surface area contributed by atoms with Gasteiger partial charge in [-0.15, -0.1) is 0 Å². The normalized spacial score (nSPS) is 18.3. The van der Waals surface area contributed by atoms with Crippen LogP contribution in [-0.2, 0) is 10.4 Å². The van der Waals surface area contributed by atoms with Gasteiger partial charge in [0.2, 0.25) is 5.91 Å². The van der Waals surface area contributed by atoms with E-state index in [1.54, 1.807) is 0 Å². The molecule has 2 aliphatic heterocycles. The fourth-order valence-electron chi connectivity index (χ4n) is 5.62. The van der Waals surface area contributed by atoms with E-state index in [9.17, 15) is 9.90 Å². The lowest BCUT2D eigenvalue weighted by molar-refractivity contribution is -0.125.